The largest absolute Gasteiger partial charge is 0.383 e. The van der Waals surface area contributed by atoms with E-state index in [0.717, 1.165) is 26.2 Å². The van der Waals surface area contributed by atoms with Gasteiger partial charge >= 0.3 is 0 Å². The van der Waals surface area contributed by atoms with Crippen molar-refractivity contribution in [3.63, 3.8) is 0 Å². The standard InChI is InChI=1S/C14H23N3O/c1-18-10-8-16-11-14-3-2-9-17(14)12-13-4-6-15-7-5-13/h4-7,14,16H,2-3,8-12H2,1H3. The first-order valence-electron chi connectivity index (χ1n) is 6.73. The third-order valence-electron chi connectivity index (χ3n) is 3.50. The number of nitrogens with one attached hydrogen (secondary N) is 1. The highest BCUT2D eigenvalue weighted by Gasteiger charge is 2.23. The number of hydrogen-bond donors (Lipinski definition) is 1. The third kappa shape index (κ3) is 4.05. The lowest BCUT2D eigenvalue weighted by Crippen LogP contribution is -2.38. The molecule has 100 valence electrons. The lowest BCUT2D eigenvalue weighted by atomic mass is 10.2. The van der Waals surface area contributed by atoms with E-state index in [2.05, 4.69) is 27.3 Å². The molecule has 1 aliphatic heterocycles. The van der Waals surface area contributed by atoms with E-state index < -0.39 is 0 Å². The van der Waals surface area contributed by atoms with Crippen LogP contribution in [0.2, 0.25) is 0 Å². The summed E-state index contributed by atoms with van der Waals surface area (Å²) >= 11 is 0. The molecule has 2 rings (SSSR count). The molecular weight excluding hydrogens is 226 g/mol. The maximum absolute atomic E-state index is 5.05. The molecular formula is C14H23N3O. The molecule has 1 aromatic heterocycles. The van der Waals surface area contributed by atoms with Crippen LogP contribution in [0.5, 0.6) is 0 Å². The maximum Gasteiger partial charge on any atom is 0.0587 e. The molecule has 1 aliphatic rings. The summed E-state index contributed by atoms with van der Waals surface area (Å²) in [7, 11) is 1.74. The van der Waals surface area contributed by atoms with Crippen LogP contribution in [0.1, 0.15) is 18.4 Å². The average Bonchev–Trinajstić information content (AvgIpc) is 2.83. The molecule has 0 amide bonds. The fourth-order valence-electron chi connectivity index (χ4n) is 2.50. The summed E-state index contributed by atoms with van der Waals surface area (Å²) in [5.74, 6) is 0. The Bertz CT molecular complexity index is 331. The van der Waals surface area contributed by atoms with Gasteiger partial charge in [0.2, 0.25) is 0 Å². The van der Waals surface area contributed by atoms with Crippen LogP contribution in [0.3, 0.4) is 0 Å². The van der Waals surface area contributed by atoms with Crippen LogP contribution in [0.15, 0.2) is 24.5 Å². The average molecular weight is 249 g/mol. The number of nitrogens with zero attached hydrogens (tertiary/aromatic N) is 2. The van der Waals surface area contributed by atoms with Crippen molar-refractivity contribution >= 4 is 0 Å². The van der Waals surface area contributed by atoms with Crippen molar-refractivity contribution in [2.24, 2.45) is 0 Å². The molecule has 1 N–H and O–H groups in total. The van der Waals surface area contributed by atoms with Gasteiger partial charge < -0.3 is 10.1 Å². The zero-order valence-corrected chi connectivity index (χ0v) is 11.1. The number of likely N-dealkylation sites (tertiary alicyclic amines) is 1. The lowest BCUT2D eigenvalue weighted by Gasteiger charge is -2.24. The maximum atomic E-state index is 5.05. The zero-order chi connectivity index (χ0) is 12.6. The van der Waals surface area contributed by atoms with E-state index in [9.17, 15) is 0 Å². The van der Waals surface area contributed by atoms with E-state index in [0.29, 0.717) is 6.04 Å². The van der Waals surface area contributed by atoms with Crippen molar-refractivity contribution in [1.29, 1.82) is 0 Å². The van der Waals surface area contributed by atoms with Crippen molar-refractivity contribution in [1.82, 2.24) is 15.2 Å². The molecule has 1 unspecified atom stereocenters. The number of aromatic nitrogens is 1. The number of methoxy groups -OCH3 is 1. The molecule has 0 bridgehead atoms. The van der Waals surface area contributed by atoms with E-state index in [1.54, 1.807) is 7.11 Å². The molecule has 18 heavy (non-hydrogen) atoms. The van der Waals surface area contributed by atoms with Crippen molar-refractivity contribution < 1.29 is 4.74 Å². The van der Waals surface area contributed by atoms with Crippen molar-refractivity contribution in [3.05, 3.63) is 30.1 Å². The van der Waals surface area contributed by atoms with Crippen LogP contribution in [-0.4, -0.2) is 49.3 Å². The highest BCUT2D eigenvalue weighted by molar-refractivity contribution is 5.10. The molecule has 1 atom stereocenters. The minimum Gasteiger partial charge on any atom is -0.383 e. The SMILES string of the molecule is COCCNCC1CCCN1Cc1ccncc1. The Morgan fingerprint density at radius 1 is 1.44 bits per heavy atom. The van der Waals surface area contributed by atoms with Crippen LogP contribution < -0.4 is 5.32 Å². The van der Waals surface area contributed by atoms with Crippen LogP contribution in [0, 0.1) is 0 Å². The van der Waals surface area contributed by atoms with E-state index in [-0.39, 0.29) is 0 Å². The van der Waals surface area contributed by atoms with Crippen LogP contribution in [0.25, 0.3) is 0 Å². The lowest BCUT2D eigenvalue weighted by molar-refractivity contribution is 0.191. The molecule has 2 heterocycles. The molecule has 4 heteroatoms. The minimum atomic E-state index is 0.662. The normalized spacial score (nSPS) is 20.4. The van der Waals surface area contributed by atoms with Gasteiger partial charge in [0.1, 0.15) is 0 Å². The van der Waals surface area contributed by atoms with Gasteiger partial charge in [-0.3, -0.25) is 9.88 Å². The molecule has 4 nitrogen and oxygen atoms in total. The molecule has 0 radical (unpaired) electrons. The van der Waals surface area contributed by atoms with Gasteiger partial charge in [-0.1, -0.05) is 0 Å². The van der Waals surface area contributed by atoms with Crippen molar-refractivity contribution in [2.75, 3.05) is 33.4 Å². The number of hydrogen-bond acceptors (Lipinski definition) is 4. The van der Waals surface area contributed by atoms with Gasteiger partial charge in [-0.05, 0) is 37.1 Å². The van der Waals surface area contributed by atoms with E-state index >= 15 is 0 Å². The molecule has 1 fully saturated rings. The first kappa shape index (κ1) is 13.5. The Morgan fingerprint density at radius 3 is 3.06 bits per heavy atom. The first-order chi connectivity index (χ1) is 8.90. The van der Waals surface area contributed by atoms with E-state index in [1.165, 1.54) is 24.9 Å². The highest BCUT2D eigenvalue weighted by Crippen LogP contribution is 2.19. The highest BCUT2D eigenvalue weighted by atomic mass is 16.5. The second-order valence-electron chi connectivity index (χ2n) is 4.82. The van der Waals surface area contributed by atoms with Crippen molar-refractivity contribution in [2.45, 2.75) is 25.4 Å². The summed E-state index contributed by atoms with van der Waals surface area (Å²) in [6, 6.07) is 4.87. The van der Waals surface area contributed by atoms with Gasteiger partial charge in [0.25, 0.3) is 0 Å². The summed E-state index contributed by atoms with van der Waals surface area (Å²) < 4.78 is 5.05. The predicted octanol–water partition coefficient (Wildman–Crippen LogP) is 1.28. The van der Waals surface area contributed by atoms with Gasteiger partial charge in [-0.25, -0.2) is 0 Å². The summed E-state index contributed by atoms with van der Waals surface area (Å²) in [4.78, 5) is 6.63. The summed E-state index contributed by atoms with van der Waals surface area (Å²) in [5.41, 5.74) is 1.36. The number of ether oxygens (including phenoxy) is 1. The van der Waals surface area contributed by atoms with Crippen LogP contribution in [0.4, 0.5) is 0 Å². The number of rotatable bonds is 7. The minimum absolute atomic E-state index is 0.662. The van der Waals surface area contributed by atoms with Gasteiger partial charge in [-0.15, -0.1) is 0 Å². The zero-order valence-electron chi connectivity index (χ0n) is 11.1. The molecule has 0 aromatic carbocycles. The van der Waals surface area contributed by atoms with Gasteiger partial charge in [-0.2, -0.15) is 0 Å². The third-order valence-corrected chi connectivity index (χ3v) is 3.50. The summed E-state index contributed by atoms with van der Waals surface area (Å²) in [6.45, 7) is 5.04. The Hall–Kier alpha value is -0.970. The molecule has 1 saturated heterocycles. The fourth-order valence-corrected chi connectivity index (χ4v) is 2.50. The van der Waals surface area contributed by atoms with E-state index in [1.807, 2.05) is 12.4 Å². The second-order valence-corrected chi connectivity index (χ2v) is 4.82. The topological polar surface area (TPSA) is 37.4 Å². The van der Waals surface area contributed by atoms with Gasteiger partial charge in [0, 0.05) is 45.2 Å². The fraction of sp³-hybridized carbons (Fsp3) is 0.643. The first-order valence-corrected chi connectivity index (χ1v) is 6.73. The Labute approximate surface area is 109 Å². The molecule has 0 spiro atoms. The molecule has 1 aromatic rings. The van der Waals surface area contributed by atoms with Crippen LogP contribution in [-0.2, 0) is 11.3 Å². The predicted molar refractivity (Wildman–Crippen MR) is 72.4 cm³/mol. The Morgan fingerprint density at radius 2 is 2.28 bits per heavy atom. The molecule has 0 saturated carbocycles. The smallest absolute Gasteiger partial charge is 0.0587 e. The quantitative estimate of drug-likeness (QED) is 0.739. The van der Waals surface area contributed by atoms with Crippen molar-refractivity contribution in [3.8, 4) is 0 Å². The Balaban J connectivity index is 1.77. The van der Waals surface area contributed by atoms with Gasteiger partial charge in [0.15, 0.2) is 0 Å². The summed E-state index contributed by atoms with van der Waals surface area (Å²) in [6.07, 6.45) is 6.35. The second kappa shape index (κ2) is 7.46. The van der Waals surface area contributed by atoms with E-state index in [4.69, 9.17) is 4.74 Å². The van der Waals surface area contributed by atoms with Gasteiger partial charge in [0.05, 0.1) is 6.61 Å². The monoisotopic (exact) mass is 249 g/mol. The molecule has 0 aliphatic carbocycles. The Kier molecular flexibility index (Phi) is 5.58. The summed E-state index contributed by atoms with van der Waals surface area (Å²) in [5, 5.41) is 3.46. The number of pyridine rings is 1. The van der Waals surface area contributed by atoms with Crippen LogP contribution >= 0.6 is 0 Å².